The molecule has 0 radical (unpaired) electrons. The minimum absolute atomic E-state index is 0. The summed E-state index contributed by atoms with van der Waals surface area (Å²) in [6, 6.07) is 26.0. The third-order valence-corrected chi connectivity index (χ3v) is 4.90. The lowest BCUT2D eigenvalue weighted by molar-refractivity contribution is 0.102. The number of benzene rings is 3. The number of hydrogen-bond acceptors (Lipinski definition) is 3. The summed E-state index contributed by atoms with van der Waals surface area (Å²) in [5.41, 5.74) is 10.7. The molecule has 144 valence electrons. The zero-order valence-corrected chi connectivity index (χ0v) is 16.3. The molecule has 0 bridgehead atoms. The van der Waals surface area contributed by atoms with Gasteiger partial charge in [-0.2, -0.15) is 0 Å². The number of halogens is 1. The lowest BCUT2D eigenvalue weighted by Crippen LogP contribution is -2.12. The zero-order chi connectivity index (χ0) is 18.6. The summed E-state index contributed by atoms with van der Waals surface area (Å²) in [7, 11) is 0. The SMILES string of the molecule is Cl.N[C@@H]1C[C@H]1c1ccc(NC(=O)c2cccc(NCc3ccccc3)c2)cc1. The Bertz CT molecular complexity index is 928. The predicted molar refractivity (Wildman–Crippen MR) is 117 cm³/mol. The molecule has 0 aromatic heterocycles. The highest BCUT2D eigenvalue weighted by Gasteiger charge is 2.34. The van der Waals surface area contributed by atoms with Crippen molar-refractivity contribution in [1.29, 1.82) is 0 Å². The third-order valence-electron chi connectivity index (χ3n) is 4.90. The van der Waals surface area contributed by atoms with E-state index >= 15 is 0 Å². The van der Waals surface area contributed by atoms with Crippen molar-refractivity contribution in [3.63, 3.8) is 0 Å². The van der Waals surface area contributed by atoms with Gasteiger partial charge in [-0.1, -0.05) is 48.5 Å². The van der Waals surface area contributed by atoms with E-state index in [2.05, 4.69) is 22.8 Å². The van der Waals surface area contributed by atoms with E-state index in [1.165, 1.54) is 11.1 Å². The molecule has 0 aliphatic heterocycles. The van der Waals surface area contributed by atoms with Crippen molar-refractivity contribution in [1.82, 2.24) is 0 Å². The van der Waals surface area contributed by atoms with Crippen LogP contribution in [0.2, 0.25) is 0 Å². The van der Waals surface area contributed by atoms with Crippen LogP contribution in [-0.2, 0) is 6.54 Å². The summed E-state index contributed by atoms with van der Waals surface area (Å²) in [5.74, 6) is 0.358. The first-order chi connectivity index (χ1) is 13.2. The van der Waals surface area contributed by atoms with Gasteiger partial charge in [-0.25, -0.2) is 0 Å². The van der Waals surface area contributed by atoms with Crippen LogP contribution in [0.25, 0.3) is 0 Å². The average Bonchev–Trinajstić information content (AvgIpc) is 3.44. The Morgan fingerprint density at radius 1 is 0.929 bits per heavy atom. The number of hydrogen-bond donors (Lipinski definition) is 3. The van der Waals surface area contributed by atoms with Gasteiger partial charge < -0.3 is 16.4 Å². The van der Waals surface area contributed by atoms with Crippen LogP contribution in [0.3, 0.4) is 0 Å². The normalized spacial score (nSPS) is 17.3. The van der Waals surface area contributed by atoms with Gasteiger partial charge in [0.2, 0.25) is 0 Å². The first kappa shape index (κ1) is 19.9. The highest BCUT2D eigenvalue weighted by atomic mass is 35.5. The summed E-state index contributed by atoms with van der Waals surface area (Å²) >= 11 is 0. The number of nitrogens with two attached hydrogens (primary N) is 1. The number of rotatable bonds is 6. The van der Waals surface area contributed by atoms with Crippen molar-refractivity contribution in [3.8, 4) is 0 Å². The number of amides is 1. The van der Waals surface area contributed by atoms with Crippen molar-refractivity contribution in [3.05, 3.63) is 95.6 Å². The molecule has 0 unspecified atom stereocenters. The van der Waals surface area contributed by atoms with Crippen molar-refractivity contribution in [2.75, 3.05) is 10.6 Å². The van der Waals surface area contributed by atoms with Crippen molar-refractivity contribution < 1.29 is 4.79 Å². The van der Waals surface area contributed by atoms with Crippen LogP contribution < -0.4 is 16.4 Å². The summed E-state index contributed by atoms with van der Waals surface area (Å²) in [6.07, 6.45) is 1.05. The molecule has 3 aromatic carbocycles. The van der Waals surface area contributed by atoms with E-state index in [1.54, 1.807) is 0 Å². The van der Waals surface area contributed by atoms with Gasteiger partial charge in [-0.3, -0.25) is 4.79 Å². The second-order valence-corrected chi connectivity index (χ2v) is 7.00. The Morgan fingerprint density at radius 2 is 1.64 bits per heavy atom. The molecule has 5 heteroatoms. The molecule has 1 aliphatic carbocycles. The Hall–Kier alpha value is -2.82. The Morgan fingerprint density at radius 3 is 2.32 bits per heavy atom. The Balaban J connectivity index is 0.00000225. The maximum Gasteiger partial charge on any atom is 0.255 e. The summed E-state index contributed by atoms with van der Waals surface area (Å²) in [4.78, 5) is 12.6. The minimum atomic E-state index is -0.116. The molecule has 4 N–H and O–H groups in total. The fourth-order valence-electron chi connectivity index (χ4n) is 3.19. The summed E-state index contributed by atoms with van der Waals surface area (Å²) in [5, 5.41) is 6.32. The topological polar surface area (TPSA) is 67.1 Å². The van der Waals surface area contributed by atoms with Gasteiger partial charge >= 0.3 is 0 Å². The zero-order valence-electron chi connectivity index (χ0n) is 15.5. The van der Waals surface area contributed by atoms with Crippen molar-refractivity contribution >= 4 is 29.7 Å². The van der Waals surface area contributed by atoms with Crippen LogP contribution in [-0.4, -0.2) is 11.9 Å². The minimum Gasteiger partial charge on any atom is -0.381 e. The standard InChI is InChI=1S/C23H23N3O.ClH/c24-22-14-21(22)17-9-11-19(12-10-17)26-23(27)18-7-4-8-20(13-18)25-15-16-5-2-1-3-6-16;/h1-13,21-22,25H,14-15,24H2,(H,26,27);1H/t21-,22+;/m0./s1. The molecule has 28 heavy (non-hydrogen) atoms. The second-order valence-electron chi connectivity index (χ2n) is 7.00. The molecule has 0 saturated heterocycles. The summed E-state index contributed by atoms with van der Waals surface area (Å²) in [6.45, 7) is 0.719. The maximum atomic E-state index is 12.6. The lowest BCUT2D eigenvalue weighted by Gasteiger charge is -2.10. The van der Waals surface area contributed by atoms with Gasteiger partial charge in [0.15, 0.2) is 0 Å². The quantitative estimate of drug-likeness (QED) is 0.564. The first-order valence-corrected chi connectivity index (χ1v) is 9.24. The molecular formula is C23H24ClN3O. The third kappa shape index (κ3) is 4.91. The van der Waals surface area contributed by atoms with E-state index in [0.717, 1.165) is 24.3 Å². The van der Waals surface area contributed by atoms with E-state index in [1.807, 2.05) is 66.7 Å². The molecule has 1 fully saturated rings. The monoisotopic (exact) mass is 393 g/mol. The van der Waals surface area contributed by atoms with Crippen LogP contribution in [0.5, 0.6) is 0 Å². The van der Waals surface area contributed by atoms with Gasteiger partial charge in [-0.15, -0.1) is 12.4 Å². The maximum absolute atomic E-state index is 12.6. The highest BCUT2D eigenvalue weighted by molar-refractivity contribution is 6.04. The Kier molecular flexibility index (Phi) is 6.34. The van der Waals surface area contributed by atoms with E-state index < -0.39 is 0 Å². The van der Waals surface area contributed by atoms with Gasteiger partial charge in [0.25, 0.3) is 5.91 Å². The second kappa shape index (κ2) is 8.91. The summed E-state index contributed by atoms with van der Waals surface area (Å²) < 4.78 is 0. The van der Waals surface area contributed by atoms with E-state index in [0.29, 0.717) is 11.5 Å². The van der Waals surface area contributed by atoms with Gasteiger partial charge in [-0.05, 0) is 47.9 Å². The molecular weight excluding hydrogens is 370 g/mol. The van der Waals surface area contributed by atoms with Gasteiger partial charge in [0, 0.05) is 35.4 Å². The smallest absolute Gasteiger partial charge is 0.255 e. The lowest BCUT2D eigenvalue weighted by atomic mass is 10.1. The average molecular weight is 394 g/mol. The fourth-order valence-corrected chi connectivity index (χ4v) is 3.19. The van der Waals surface area contributed by atoms with Crippen LogP contribution >= 0.6 is 12.4 Å². The van der Waals surface area contributed by atoms with Gasteiger partial charge in [0.1, 0.15) is 0 Å². The Labute approximate surface area is 171 Å². The molecule has 4 nitrogen and oxygen atoms in total. The molecule has 4 rings (SSSR count). The largest absolute Gasteiger partial charge is 0.381 e. The molecule has 1 aliphatic rings. The molecule has 2 atom stereocenters. The van der Waals surface area contributed by atoms with Crippen LogP contribution in [0.1, 0.15) is 33.8 Å². The predicted octanol–water partition coefficient (Wildman–Crippen LogP) is 4.79. The molecule has 1 amide bonds. The number of carbonyl (C=O) groups is 1. The van der Waals surface area contributed by atoms with Crippen LogP contribution in [0.4, 0.5) is 11.4 Å². The van der Waals surface area contributed by atoms with E-state index in [4.69, 9.17) is 5.73 Å². The van der Waals surface area contributed by atoms with Crippen LogP contribution in [0, 0.1) is 0 Å². The van der Waals surface area contributed by atoms with Crippen molar-refractivity contribution in [2.24, 2.45) is 5.73 Å². The molecule has 1 saturated carbocycles. The van der Waals surface area contributed by atoms with Crippen molar-refractivity contribution in [2.45, 2.75) is 24.9 Å². The highest BCUT2D eigenvalue weighted by Crippen LogP contribution is 2.39. The molecule has 3 aromatic rings. The first-order valence-electron chi connectivity index (χ1n) is 9.24. The molecule has 0 spiro atoms. The molecule has 0 heterocycles. The van der Waals surface area contributed by atoms with E-state index in [-0.39, 0.29) is 24.4 Å². The van der Waals surface area contributed by atoms with Gasteiger partial charge in [0.05, 0.1) is 0 Å². The number of carbonyl (C=O) groups excluding carboxylic acids is 1. The van der Waals surface area contributed by atoms with Crippen LogP contribution in [0.15, 0.2) is 78.9 Å². The van der Waals surface area contributed by atoms with E-state index in [9.17, 15) is 4.79 Å². The number of anilines is 2. The fraction of sp³-hybridized carbons (Fsp3) is 0.174. The number of nitrogens with one attached hydrogen (secondary N) is 2.